The van der Waals surface area contributed by atoms with Crippen LogP contribution in [0.4, 0.5) is 0 Å². The van der Waals surface area contributed by atoms with Gasteiger partial charge in [-0.15, -0.1) is 0 Å². The topological polar surface area (TPSA) is 160 Å². The number of phosphoric ester groups is 1. The Morgan fingerprint density at radius 1 is 0.615 bits per heavy atom. The fourth-order valence-electron chi connectivity index (χ4n) is 2.25. The maximum atomic E-state index is 11.4. The maximum Gasteiger partial charge on any atom is 0.490 e. The lowest BCUT2D eigenvalue weighted by molar-refractivity contribution is 0.170. The molecule has 0 heterocycles. The first-order valence-electron chi connectivity index (χ1n) is 8.76. The third kappa shape index (κ3) is 17.8. The lowest BCUT2D eigenvalue weighted by atomic mass is 10.1. The first-order valence-corrected chi connectivity index (χ1v) is 13.3. The fourth-order valence-corrected chi connectivity index (χ4v) is 5.30. The molecule has 10 nitrogen and oxygen atoms in total. The van der Waals surface area contributed by atoms with Gasteiger partial charge in [0, 0.05) is 0 Å². The predicted octanol–water partition coefficient (Wildman–Crippen LogP) is 4.64. The summed E-state index contributed by atoms with van der Waals surface area (Å²) in [6.45, 7) is 1.99. The van der Waals surface area contributed by atoms with Crippen molar-refractivity contribution in [1.29, 1.82) is 0 Å². The van der Waals surface area contributed by atoms with Crippen molar-refractivity contribution in [1.82, 2.24) is 0 Å². The Morgan fingerprint density at radius 2 is 1.04 bits per heavy atom. The lowest BCUT2D eigenvalue weighted by Crippen LogP contribution is -1.98. The first-order chi connectivity index (χ1) is 12.0. The van der Waals surface area contributed by atoms with Gasteiger partial charge < -0.3 is 19.6 Å². The van der Waals surface area contributed by atoms with Gasteiger partial charge in [0.1, 0.15) is 0 Å². The lowest BCUT2D eigenvalue weighted by Gasteiger charge is -2.16. The van der Waals surface area contributed by atoms with Crippen LogP contribution in [0.1, 0.15) is 77.6 Å². The molecule has 0 spiro atoms. The molecule has 2 atom stereocenters. The van der Waals surface area contributed by atoms with Gasteiger partial charge in [-0.25, -0.2) is 13.7 Å². The van der Waals surface area contributed by atoms with Crippen molar-refractivity contribution in [3.8, 4) is 0 Å². The van der Waals surface area contributed by atoms with E-state index in [1.165, 1.54) is 38.5 Å². The van der Waals surface area contributed by atoms with Crippen LogP contribution >= 0.6 is 23.5 Å². The van der Waals surface area contributed by atoms with Crippen LogP contribution in [0.25, 0.3) is 0 Å². The minimum absolute atomic E-state index is 0.194. The van der Waals surface area contributed by atoms with Crippen molar-refractivity contribution >= 4 is 23.5 Å². The second kappa shape index (κ2) is 13.6. The van der Waals surface area contributed by atoms with E-state index in [1.54, 1.807) is 0 Å². The van der Waals surface area contributed by atoms with Crippen molar-refractivity contribution in [2.45, 2.75) is 77.6 Å². The first kappa shape index (κ1) is 26.4. The highest BCUT2D eigenvalue weighted by molar-refractivity contribution is 7.66. The van der Waals surface area contributed by atoms with E-state index in [-0.39, 0.29) is 6.61 Å². The van der Waals surface area contributed by atoms with Gasteiger partial charge in [-0.1, -0.05) is 71.1 Å². The molecular formula is C13H31O10P3. The zero-order chi connectivity index (χ0) is 20.1. The molecule has 0 aromatic rings. The van der Waals surface area contributed by atoms with Gasteiger partial charge in [-0.05, 0) is 6.42 Å². The average molecular weight is 440 g/mol. The summed E-state index contributed by atoms with van der Waals surface area (Å²) in [6.07, 6.45) is 11.9. The van der Waals surface area contributed by atoms with Gasteiger partial charge in [-0.2, -0.15) is 8.62 Å². The van der Waals surface area contributed by atoms with Crippen LogP contribution in [-0.4, -0.2) is 26.2 Å². The molecule has 0 saturated heterocycles. The van der Waals surface area contributed by atoms with Gasteiger partial charge in [0.25, 0.3) is 0 Å². The second-order valence-corrected chi connectivity index (χ2v) is 10.4. The van der Waals surface area contributed by atoms with E-state index in [2.05, 4.69) is 20.1 Å². The van der Waals surface area contributed by atoms with E-state index in [4.69, 9.17) is 14.7 Å². The molecule has 0 amide bonds. The summed E-state index contributed by atoms with van der Waals surface area (Å²) >= 11 is 0. The number of hydrogen-bond donors (Lipinski definition) is 4. The molecule has 4 N–H and O–H groups in total. The number of phosphoric acid groups is 3. The summed E-state index contributed by atoms with van der Waals surface area (Å²) in [5, 5.41) is 0. The smallest absolute Gasteiger partial charge is 0.302 e. The van der Waals surface area contributed by atoms with E-state index in [0.29, 0.717) is 6.42 Å². The van der Waals surface area contributed by atoms with Crippen molar-refractivity contribution in [3.63, 3.8) is 0 Å². The molecule has 0 aliphatic carbocycles. The Bertz CT molecular complexity index is 506. The van der Waals surface area contributed by atoms with Crippen LogP contribution in [0.2, 0.25) is 0 Å². The highest BCUT2D eigenvalue weighted by atomic mass is 31.3. The molecule has 0 rings (SSSR count). The van der Waals surface area contributed by atoms with Gasteiger partial charge >= 0.3 is 23.5 Å². The number of rotatable bonds is 17. The molecule has 0 aromatic carbocycles. The Labute approximate surface area is 154 Å². The summed E-state index contributed by atoms with van der Waals surface area (Å²) in [5.74, 6) is 0. The third-order valence-electron chi connectivity index (χ3n) is 3.42. The van der Waals surface area contributed by atoms with Crippen LogP contribution in [0.3, 0.4) is 0 Å². The van der Waals surface area contributed by atoms with Gasteiger partial charge in [0.2, 0.25) is 0 Å². The molecule has 0 saturated carbocycles. The molecule has 0 fully saturated rings. The summed E-state index contributed by atoms with van der Waals surface area (Å²) in [7, 11) is -15.7. The van der Waals surface area contributed by atoms with Gasteiger partial charge in [0.15, 0.2) is 0 Å². The van der Waals surface area contributed by atoms with E-state index >= 15 is 0 Å². The molecule has 26 heavy (non-hydrogen) atoms. The van der Waals surface area contributed by atoms with Crippen molar-refractivity contribution < 1.29 is 46.4 Å². The average Bonchev–Trinajstić information content (AvgIpc) is 2.44. The van der Waals surface area contributed by atoms with E-state index in [1.807, 2.05) is 0 Å². The monoisotopic (exact) mass is 440 g/mol. The third-order valence-corrected chi connectivity index (χ3v) is 7.25. The minimum Gasteiger partial charge on any atom is -0.302 e. The van der Waals surface area contributed by atoms with Crippen LogP contribution in [0.15, 0.2) is 0 Å². The summed E-state index contributed by atoms with van der Waals surface area (Å²) in [5.41, 5.74) is 0. The van der Waals surface area contributed by atoms with Crippen LogP contribution in [0, 0.1) is 0 Å². The summed E-state index contributed by atoms with van der Waals surface area (Å²) in [4.78, 5) is 35.0. The molecule has 158 valence electrons. The van der Waals surface area contributed by atoms with E-state index in [0.717, 1.165) is 25.7 Å². The van der Waals surface area contributed by atoms with Crippen molar-refractivity contribution in [3.05, 3.63) is 0 Å². The zero-order valence-corrected chi connectivity index (χ0v) is 17.7. The van der Waals surface area contributed by atoms with E-state index in [9.17, 15) is 18.6 Å². The zero-order valence-electron chi connectivity index (χ0n) is 15.1. The Morgan fingerprint density at radius 3 is 1.46 bits per heavy atom. The standard InChI is InChI=1S/C13H31O10P3/c1-2-3-4-5-6-7-8-9-10-11-12-13-21-25(17,18)23-26(19,20)22-24(14,15)16/h2-13H2,1H3,(H,17,18)(H,19,20)(H2,14,15,16). The second-order valence-electron chi connectivity index (χ2n) is 5.96. The molecule has 0 aliphatic rings. The molecule has 0 radical (unpaired) electrons. The molecule has 13 heteroatoms. The van der Waals surface area contributed by atoms with Crippen LogP contribution in [-0.2, 0) is 26.8 Å². The Hall–Kier alpha value is 0.410. The Balaban J connectivity index is 3.72. The summed E-state index contributed by atoms with van der Waals surface area (Å²) in [6, 6.07) is 0. The molecular weight excluding hydrogens is 409 g/mol. The largest absolute Gasteiger partial charge is 0.490 e. The van der Waals surface area contributed by atoms with Gasteiger partial charge in [-0.3, -0.25) is 4.52 Å². The number of hydrogen-bond acceptors (Lipinski definition) is 6. The quantitative estimate of drug-likeness (QED) is 0.185. The van der Waals surface area contributed by atoms with Crippen molar-refractivity contribution in [2.24, 2.45) is 0 Å². The molecule has 2 unspecified atom stereocenters. The SMILES string of the molecule is CCCCCCCCCCCCCOP(=O)(O)OP(=O)(O)OP(=O)(O)O. The molecule has 0 aromatic heterocycles. The normalized spacial score (nSPS) is 17.0. The van der Waals surface area contributed by atoms with E-state index < -0.39 is 23.5 Å². The number of unbranched alkanes of at least 4 members (excludes halogenated alkanes) is 10. The fraction of sp³-hybridized carbons (Fsp3) is 1.00. The van der Waals surface area contributed by atoms with Crippen LogP contribution < -0.4 is 0 Å². The minimum atomic E-state index is -5.42. The molecule has 0 aliphatic heterocycles. The molecule has 0 bridgehead atoms. The summed E-state index contributed by atoms with van der Waals surface area (Å²) < 4.78 is 44.8. The maximum absolute atomic E-state index is 11.4. The van der Waals surface area contributed by atoms with Gasteiger partial charge in [0.05, 0.1) is 6.61 Å². The van der Waals surface area contributed by atoms with Crippen molar-refractivity contribution in [2.75, 3.05) is 6.61 Å². The highest BCUT2D eigenvalue weighted by Gasteiger charge is 2.40. The highest BCUT2D eigenvalue weighted by Crippen LogP contribution is 2.66. The predicted molar refractivity (Wildman–Crippen MR) is 96.3 cm³/mol. The Kier molecular flexibility index (Phi) is 13.8. The van der Waals surface area contributed by atoms with Crippen LogP contribution in [0.5, 0.6) is 0 Å².